The Kier molecular flexibility index (Phi) is 4.54. The third-order valence-corrected chi connectivity index (χ3v) is 4.68. The van der Waals surface area contributed by atoms with Gasteiger partial charge in [-0.2, -0.15) is 0 Å². The molecule has 6 heteroatoms. The zero-order valence-electron chi connectivity index (χ0n) is 15.2. The fourth-order valence-corrected chi connectivity index (χ4v) is 3.34. The molecule has 3 heterocycles. The molecule has 0 spiro atoms. The Labute approximate surface area is 156 Å². The maximum Gasteiger partial charge on any atom is 0.168 e. The summed E-state index contributed by atoms with van der Waals surface area (Å²) in [6.45, 7) is 1.86. The minimum Gasteiger partial charge on any atom is -0.496 e. The molecule has 0 aliphatic heterocycles. The lowest BCUT2D eigenvalue weighted by Crippen LogP contribution is -2.03. The molecule has 0 aliphatic carbocycles. The van der Waals surface area contributed by atoms with Crippen LogP contribution in [-0.4, -0.2) is 26.7 Å². The van der Waals surface area contributed by atoms with Gasteiger partial charge in [0.1, 0.15) is 17.9 Å². The molecule has 5 nitrogen and oxygen atoms in total. The number of fused-ring (bicyclic) bond motifs is 1. The minimum absolute atomic E-state index is 0.236. The topological polar surface area (TPSA) is 52.3 Å². The van der Waals surface area contributed by atoms with Gasteiger partial charge < -0.3 is 4.74 Å². The minimum atomic E-state index is -0.236. The van der Waals surface area contributed by atoms with Crippen LogP contribution in [0, 0.1) is 12.7 Å². The average molecular weight is 362 g/mol. The van der Waals surface area contributed by atoms with Gasteiger partial charge in [-0.05, 0) is 67.3 Å². The van der Waals surface area contributed by atoms with Gasteiger partial charge in [0.05, 0.1) is 7.11 Å². The van der Waals surface area contributed by atoms with Crippen molar-refractivity contribution in [1.82, 2.24) is 19.6 Å². The largest absolute Gasteiger partial charge is 0.496 e. The first kappa shape index (κ1) is 17.1. The van der Waals surface area contributed by atoms with Crippen molar-refractivity contribution < 1.29 is 9.13 Å². The fraction of sp³-hybridized carbons (Fsp3) is 0.190. The SMILES string of the molecule is COc1cc(C)cc(F)c1CCc1ccc(-c2ccncc2)c2nncn12. The molecule has 0 saturated carbocycles. The highest BCUT2D eigenvalue weighted by molar-refractivity contribution is 5.77. The van der Waals surface area contributed by atoms with E-state index in [1.807, 2.05) is 41.7 Å². The highest BCUT2D eigenvalue weighted by atomic mass is 19.1. The molecule has 1 aromatic carbocycles. The number of rotatable bonds is 5. The molecule has 0 fully saturated rings. The third-order valence-electron chi connectivity index (χ3n) is 4.68. The lowest BCUT2D eigenvalue weighted by atomic mass is 10.0. The number of pyridine rings is 2. The second kappa shape index (κ2) is 7.15. The molecular weight excluding hydrogens is 343 g/mol. The van der Waals surface area contributed by atoms with E-state index in [4.69, 9.17) is 4.74 Å². The van der Waals surface area contributed by atoms with Crippen molar-refractivity contribution in [2.24, 2.45) is 0 Å². The molecular formula is C21H19FN4O. The molecule has 0 aliphatic rings. The van der Waals surface area contributed by atoms with Gasteiger partial charge in [0.2, 0.25) is 0 Å². The quantitative estimate of drug-likeness (QED) is 0.538. The van der Waals surface area contributed by atoms with Crippen LogP contribution >= 0.6 is 0 Å². The molecule has 0 radical (unpaired) electrons. The number of aryl methyl sites for hydroxylation is 2. The summed E-state index contributed by atoms with van der Waals surface area (Å²) in [4.78, 5) is 4.06. The fourth-order valence-electron chi connectivity index (χ4n) is 3.34. The van der Waals surface area contributed by atoms with Crippen molar-refractivity contribution in [3.05, 3.63) is 77.8 Å². The van der Waals surface area contributed by atoms with Crippen LogP contribution in [0.4, 0.5) is 4.39 Å². The zero-order valence-corrected chi connectivity index (χ0v) is 15.2. The number of methoxy groups -OCH3 is 1. The molecule has 27 heavy (non-hydrogen) atoms. The lowest BCUT2D eigenvalue weighted by molar-refractivity contribution is 0.404. The first-order valence-electron chi connectivity index (χ1n) is 8.72. The molecule has 4 aromatic rings. The second-order valence-electron chi connectivity index (χ2n) is 6.43. The van der Waals surface area contributed by atoms with E-state index in [2.05, 4.69) is 15.2 Å². The summed E-state index contributed by atoms with van der Waals surface area (Å²) in [7, 11) is 1.57. The van der Waals surface area contributed by atoms with Crippen molar-refractivity contribution in [2.45, 2.75) is 19.8 Å². The Morgan fingerprint density at radius 3 is 2.67 bits per heavy atom. The maximum absolute atomic E-state index is 14.4. The molecule has 0 unspecified atom stereocenters. The molecule has 0 bridgehead atoms. The summed E-state index contributed by atoms with van der Waals surface area (Å²) >= 11 is 0. The van der Waals surface area contributed by atoms with Crippen LogP contribution in [-0.2, 0) is 12.8 Å². The van der Waals surface area contributed by atoms with Gasteiger partial charge in [-0.25, -0.2) is 4.39 Å². The predicted octanol–water partition coefficient (Wildman–Crippen LogP) is 4.03. The van der Waals surface area contributed by atoms with E-state index in [9.17, 15) is 4.39 Å². The van der Waals surface area contributed by atoms with Crippen LogP contribution in [0.1, 0.15) is 16.8 Å². The van der Waals surface area contributed by atoms with Gasteiger partial charge in [-0.3, -0.25) is 9.38 Å². The van der Waals surface area contributed by atoms with Crippen LogP contribution in [0.5, 0.6) is 5.75 Å². The number of halogens is 1. The van der Waals surface area contributed by atoms with E-state index in [1.54, 1.807) is 31.9 Å². The van der Waals surface area contributed by atoms with Gasteiger partial charge in [-0.1, -0.05) is 0 Å². The van der Waals surface area contributed by atoms with Gasteiger partial charge in [0, 0.05) is 29.2 Å². The van der Waals surface area contributed by atoms with Gasteiger partial charge in [0.15, 0.2) is 5.65 Å². The molecule has 3 aromatic heterocycles. The number of hydrogen-bond acceptors (Lipinski definition) is 4. The summed E-state index contributed by atoms with van der Waals surface area (Å²) in [6.07, 6.45) is 6.36. The average Bonchev–Trinajstić information content (AvgIpc) is 3.17. The predicted molar refractivity (Wildman–Crippen MR) is 101 cm³/mol. The van der Waals surface area contributed by atoms with Crippen LogP contribution in [0.15, 0.2) is 55.1 Å². The number of benzene rings is 1. The van der Waals surface area contributed by atoms with E-state index in [0.717, 1.165) is 28.0 Å². The number of aromatic nitrogens is 4. The Balaban J connectivity index is 1.68. The Morgan fingerprint density at radius 2 is 1.89 bits per heavy atom. The molecule has 0 amide bonds. The van der Waals surface area contributed by atoms with Crippen LogP contribution in [0.2, 0.25) is 0 Å². The normalized spacial score (nSPS) is 11.1. The molecule has 4 rings (SSSR count). The van der Waals surface area contributed by atoms with Gasteiger partial charge >= 0.3 is 0 Å². The van der Waals surface area contributed by atoms with Crippen molar-refractivity contribution in [1.29, 1.82) is 0 Å². The summed E-state index contributed by atoms with van der Waals surface area (Å²) in [5, 5.41) is 8.33. The van der Waals surface area contributed by atoms with Crippen LogP contribution in [0.25, 0.3) is 16.8 Å². The summed E-state index contributed by atoms with van der Waals surface area (Å²) in [5.74, 6) is 0.348. The van der Waals surface area contributed by atoms with Crippen molar-refractivity contribution in [3.8, 4) is 16.9 Å². The van der Waals surface area contributed by atoms with Gasteiger partial charge in [-0.15, -0.1) is 10.2 Å². The Bertz CT molecular complexity index is 1090. The summed E-state index contributed by atoms with van der Waals surface area (Å²) in [5.41, 5.74) is 5.22. The standard InChI is InChI=1S/C21H19FN4O/c1-14-11-19(22)18(20(12-14)27-2)6-4-16-3-5-17(15-7-9-23-10-8-15)21-25-24-13-26(16)21/h3,5,7-13H,4,6H2,1-2H3. The van der Waals surface area contributed by atoms with E-state index in [1.165, 1.54) is 0 Å². The Morgan fingerprint density at radius 1 is 1.07 bits per heavy atom. The highest BCUT2D eigenvalue weighted by Crippen LogP contribution is 2.27. The Hall–Kier alpha value is -3.28. The van der Waals surface area contributed by atoms with E-state index in [0.29, 0.717) is 24.2 Å². The number of hydrogen-bond donors (Lipinski definition) is 0. The molecule has 136 valence electrons. The first-order chi connectivity index (χ1) is 13.2. The maximum atomic E-state index is 14.4. The number of ether oxygens (including phenoxy) is 1. The monoisotopic (exact) mass is 362 g/mol. The van der Waals surface area contributed by atoms with Crippen LogP contribution in [0.3, 0.4) is 0 Å². The van der Waals surface area contributed by atoms with E-state index >= 15 is 0 Å². The first-order valence-corrected chi connectivity index (χ1v) is 8.72. The molecule has 0 saturated heterocycles. The number of nitrogens with zero attached hydrogens (tertiary/aromatic N) is 4. The van der Waals surface area contributed by atoms with Crippen molar-refractivity contribution in [3.63, 3.8) is 0 Å². The third kappa shape index (κ3) is 3.26. The van der Waals surface area contributed by atoms with E-state index in [-0.39, 0.29) is 5.82 Å². The molecule has 0 N–H and O–H groups in total. The van der Waals surface area contributed by atoms with Gasteiger partial charge in [0.25, 0.3) is 0 Å². The smallest absolute Gasteiger partial charge is 0.168 e. The summed E-state index contributed by atoms with van der Waals surface area (Å²) in [6, 6.07) is 11.3. The molecule has 0 atom stereocenters. The van der Waals surface area contributed by atoms with E-state index < -0.39 is 0 Å². The van der Waals surface area contributed by atoms with Crippen molar-refractivity contribution in [2.75, 3.05) is 7.11 Å². The highest BCUT2D eigenvalue weighted by Gasteiger charge is 2.14. The second-order valence-corrected chi connectivity index (χ2v) is 6.43. The zero-order chi connectivity index (χ0) is 18.8. The van der Waals surface area contributed by atoms with Crippen LogP contribution < -0.4 is 4.74 Å². The lowest BCUT2D eigenvalue weighted by Gasteiger charge is -2.12. The summed E-state index contributed by atoms with van der Waals surface area (Å²) < 4.78 is 21.7. The van der Waals surface area contributed by atoms with Crippen molar-refractivity contribution >= 4 is 5.65 Å².